The Kier molecular flexibility index (Phi) is 6.38. The predicted octanol–water partition coefficient (Wildman–Crippen LogP) is 3.60. The normalized spacial score (nSPS) is 26.5. The fraction of sp³-hybridized carbons (Fsp3) is 0.667. The molecule has 0 aromatic heterocycles. The molecule has 2 aliphatic carbocycles. The highest BCUT2D eigenvalue weighted by Crippen LogP contribution is 2.53. The van der Waals surface area contributed by atoms with Gasteiger partial charge in [-0.2, -0.15) is 0 Å². The van der Waals surface area contributed by atoms with E-state index in [0.29, 0.717) is 26.8 Å². The molecule has 2 aliphatic rings. The van der Waals surface area contributed by atoms with Gasteiger partial charge in [0.25, 0.3) is 0 Å². The number of rotatable bonds is 8. The molecular formula is C18H28O4. The molecule has 1 fully saturated rings. The number of hydrogen-bond acceptors (Lipinski definition) is 4. The van der Waals surface area contributed by atoms with Crippen molar-refractivity contribution in [1.29, 1.82) is 0 Å². The molecule has 124 valence electrons. The number of allylic oxidation sites excluding steroid dienone is 3. The fourth-order valence-electron chi connectivity index (χ4n) is 3.70. The van der Waals surface area contributed by atoms with Gasteiger partial charge in [0.1, 0.15) is 13.6 Å². The molecule has 0 bridgehead atoms. The topological polar surface area (TPSA) is 36.9 Å². The fourth-order valence-corrected chi connectivity index (χ4v) is 3.70. The molecule has 0 aromatic carbocycles. The highest BCUT2D eigenvalue weighted by atomic mass is 16.7. The quantitative estimate of drug-likeness (QED) is 0.390. The van der Waals surface area contributed by atoms with E-state index >= 15 is 0 Å². The molecule has 0 N–H and O–H groups in total. The molecule has 1 saturated carbocycles. The van der Waals surface area contributed by atoms with Crippen molar-refractivity contribution in [2.24, 2.45) is 5.41 Å². The molecule has 0 saturated heterocycles. The predicted molar refractivity (Wildman–Crippen MR) is 86.5 cm³/mol. The number of hydrogen-bond donors (Lipinski definition) is 0. The van der Waals surface area contributed by atoms with Crippen LogP contribution in [0.5, 0.6) is 0 Å². The van der Waals surface area contributed by atoms with E-state index in [1.807, 2.05) is 0 Å². The van der Waals surface area contributed by atoms with Crippen LogP contribution in [0.1, 0.15) is 33.1 Å². The lowest BCUT2D eigenvalue weighted by atomic mass is 9.72. The minimum Gasteiger partial charge on any atom is -0.359 e. The van der Waals surface area contributed by atoms with Crippen LogP contribution in [0, 0.1) is 5.41 Å². The van der Waals surface area contributed by atoms with E-state index in [1.165, 1.54) is 22.3 Å². The first kappa shape index (κ1) is 17.4. The van der Waals surface area contributed by atoms with Gasteiger partial charge in [-0.3, -0.25) is 0 Å². The molecule has 2 rings (SSSR count). The van der Waals surface area contributed by atoms with Gasteiger partial charge in [0, 0.05) is 19.6 Å². The largest absolute Gasteiger partial charge is 0.359 e. The summed E-state index contributed by atoms with van der Waals surface area (Å²) < 4.78 is 21.0. The first-order chi connectivity index (χ1) is 10.6. The Labute approximate surface area is 133 Å². The van der Waals surface area contributed by atoms with Crippen LogP contribution in [0.3, 0.4) is 0 Å². The van der Waals surface area contributed by atoms with Crippen molar-refractivity contribution in [3.63, 3.8) is 0 Å². The average molecular weight is 308 g/mol. The van der Waals surface area contributed by atoms with Gasteiger partial charge in [0.15, 0.2) is 0 Å². The van der Waals surface area contributed by atoms with Gasteiger partial charge in [-0.1, -0.05) is 30.2 Å². The van der Waals surface area contributed by atoms with Crippen LogP contribution < -0.4 is 0 Å². The second-order valence-electron chi connectivity index (χ2n) is 6.21. The van der Waals surface area contributed by atoms with Crippen molar-refractivity contribution in [3.05, 3.63) is 34.4 Å². The molecule has 22 heavy (non-hydrogen) atoms. The molecule has 4 heteroatoms. The lowest BCUT2D eigenvalue weighted by Gasteiger charge is -2.33. The number of methoxy groups -OCH3 is 2. The molecule has 0 aromatic rings. The van der Waals surface area contributed by atoms with E-state index in [4.69, 9.17) is 18.9 Å². The summed E-state index contributed by atoms with van der Waals surface area (Å²) in [5.74, 6) is 0. The van der Waals surface area contributed by atoms with E-state index in [1.54, 1.807) is 14.2 Å². The van der Waals surface area contributed by atoms with Crippen LogP contribution in [-0.2, 0) is 18.9 Å². The molecule has 1 unspecified atom stereocenters. The second-order valence-corrected chi connectivity index (χ2v) is 6.21. The van der Waals surface area contributed by atoms with Crippen LogP contribution in [0.25, 0.3) is 0 Å². The average Bonchev–Trinajstić information content (AvgIpc) is 2.85. The van der Waals surface area contributed by atoms with Crippen LogP contribution in [0.2, 0.25) is 0 Å². The molecular weight excluding hydrogens is 280 g/mol. The zero-order valence-corrected chi connectivity index (χ0v) is 14.2. The summed E-state index contributed by atoms with van der Waals surface area (Å²) in [6.07, 6.45) is 7.77. The monoisotopic (exact) mass is 308 g/mol. The van der Waals surface area contributed by atoms with Crippen molar-refractivity contribution >= 4 is 0 Å². The Morgan fingerprint density at radius 2 is 1.86 bits per heavy atom. The minimum absolute atomic E-state index is 0.126. The minimum atomic E-state index is 0.126. The van der Waals surface area contributed by atoms with Gasteiger partial charge < -0.3 is 18.9 Å². The third-order valence-corrected chi connectivity index (χ3v) is 4.68. The molecule has 0 amide bonds. The summed E-state index contributed by atoms with van der Waals surface area (Å²) in [4.78, 5) is 0. The lowest BCUT2D eigenvalue weighted by Crippen LogP contribution is -2.22. The van der Waals surface area contributed by atoms with Gasteiger partial charge >= 0.3 is 0 Å². The number of ether oxygens (including phenoxy) is 4. The van der Waals surface area contributed by atoms with Crippen LogP contribution >= 0.6 is 0 Å². The highest BCUT2D eigenvalue weighted by molar-refractivity contribution is 5.47. The molecule has 4 nitrogen and oxygen atoms in total. The van der Waals surface area contributed by atoms with Gasteiger partial charge in [0.2, 0.25) is 0 Å². The van der Waals surface area contributed by atoms with Gasteiger partial charge in [-0.15, -0.1) is 0 Å². The van der Waals surface area contributed by atoms with Crippen molar-refractivity contribution in [3.8, 4) is 0 Å². The third-order valence-electron chi connectivity index (χ3n) is 4.68. The van der Waals surface area contributed by atoms with Crippen LogP contribution in [0.15, 0.2) is 34.4 Å². The smallest absolute Gasteiger partial charge is 0.146 e. The van der Waals surface area contributed by atoms with Crippen molar-refractivity contribution in [1.82, 2.24) is 0 Å². The zero-order valence-electron chi connectivity index (χ0n) is 14.2. The zero-order chi connectivity index (χ0) is 16.0. The maximum atomic E-state index is 5.56. The van der Waals surface area contributed by atoms with Crippen LogP contribution in [0.4, 0.5) is 0 Å². The second kappa shape index (κ2) is 8.06. The summed E-state index contributed by atoms with van der Waals surface area (Å²) in [7, 11) is 3.30. The SMILES string of the molecule is COCOCC1=C2CC/C(=C(\C)COCOC)C2(C)CC=C1. The first-order valence-corrected chi connectivity index (χ1v) is 7.85. The highest BCUT2D eigenvalue weighted by Gasteiger charge is 2.40. The Balaban J connectivity index is 2.15. The summed E-state index contributed by atoms with van der Waals surface area (Å²) in [6, 6.07) is 0. The van der Waals surface area contributed by atoms with Crippen molar-refractivity contribution in [2.75, 3.05) is 41.0 Å². The van der Waals surface area contributed by atoms with E-state index in [-0.39, 0.29) is 5.41 Å². The van der Waals surface area contributed by atoms with E-state index in [0.717, 1.165) is 19.3 Å². The standard InChI is InChI=1S/C18H28O4/c1-14(10-21-12-19-3)16-7-8-17-15(11-22-13-20-4)6-5-9-18(16,17)2/h5-6H,7-13H2,1-4H3/b16-14-. The maximum Gasteiger partial charge on any atom is 0.146 e. The Morgan fingerprint density at radius 1 is 1.14 bits per heavy atom. The summed E-state index contributed by atoms with van der Waals surface area (Å²) >= 11 is 0. The Morgan fingerprint density at radius 3 is 2.59 bits per heavy atom. The summed E-state index contributed by atoms with van der Waals surface area (Å²) in [5, 5.41) is 0. The van der Waals surface area contributed by atoms with E-state index in [2.05, 4.69) is 26.0 Å². The van der Waals surface area contributed by atoms with Gasteiger partial charge in [0.05, 0.1) is 13.2 Å². The van der Waals surface area contributed by atoms with Gasteiger partial charge in [-0.25, -0.2) is 0 Å². The van der Waals surface area contributed by atoms with Crippen LogP contribution in [-0.4, -0.2) is 41.0 Å². The first-order valence-electron chi connectivity index (χ1n) is 7.85. The van der Waals surface area contributed by atoms with Crippen molar-refractivity contribution < 1.29 is 18.9 Å². The molecule has 1 atom stereocenters. The van der Waals surface area contributed by atoms with Crippen molar-refractivity contribution in [2.45, 2.75) is 33.1 Å². The van der Waals surface area contributed by atoms with E-state index in [9.17, 15) is 0 Å². The lowest BCUT2D eigenvalue weighted by molar-refractivity contribution is -0.0215. The van der Waals surface area contributed by atoms with E-state index < -0.39 is 0 Å². The Hall–Kier alpha value is -0.940. The maximum absolute atomic E-state index is 5.56. The third kappa shape index (κ3) is 3.69. The summed E-state index contributed by atoms with van der Waals surface area (Å²) in [5.41, 5.74) is 5.81. The molecule has 0 aliphatic heterocycles. The molecule has 0 spiro atoms. The Bertz CT molecular complexity index is 475. The van der Waals surface area contributed by atoms with Gasteiger partial charge in [-0.05, 0) is 37.3 Å². The molecule has 0 heterocycles. The number of fused-ring (bicyclic) bond motifs is 1. The molecule has 0 radical (unpaired) electrons. The summed E-state index contributed by atoms with van der Waals surface area (Å²) in [6.45, 7) is 6.49.